The summed E-state index contributed by atoms with van der Waals surface area (Å²) < 4.78 is 9.77. The fraction of sp³-hybridized carbons (Fsp3) is 1.00. The summed E-state index contributed by atoms with van der Waals surface area (Å²) in [5.41, 5.74) is -2.17. The normalized spacial score (nSPS) is 16.7. The van der Waals surface area contributed by atoms with Crippen LogP contribution in [0.1, 0.15) is 13.3 Å². The molecule has 0 aromatic carbocycles. The zero-order valence-corrected chi connectivity index (χ0v) is 8.60. The van der Waals surface area contributed by atoms with Crippen molar-refractivity contribution >= 4 is 28.9 Å². The Morgan fingerprint density at radius 1 is 1.70 bits per heavy atom. The maximum Gasteiger partial charge on any atom is 0.263 e. The van der Waals surface area contributed by atoms with Gasteiger partial charge in [-0.1, -0.05) is 18.3 Å². The van der Waals surface area contributed by atoms with E-state index in [0.29, 0.717) is 6.61 Å². The Morgan fingerprint density at radius 2 is 2.30 bits per heavy atom. The van der Waals surface area contributed by atoms with Gasteiger partial charge in [0.05, 0.1) is 6.61 Å². The molecule has 0 spiro atoms. The predicted molar refractivity (Wildman–Crippen MR) is 49.3 cm³/mol. The van der Waals surface area contributed by atoms with Crippen LogP contribution in [0.5, 0.6) is 0 Å². The molecule has 0 aromatic heterocycles. The molecule has 3 nitrogen and oxygen atoms in total. The molecule has 0 aliphatic heterocycles. The smallest absolute Gasteiger partial charge is 0.263 e. The molecule has 0 aliphatic rings. The van der Waals surface area contributed by atoms with Gasteiger partial charge < -0.3 is 4.52 Å². The Labute approximate surface area is 70.5 Å². The van der Waals surface area contributed by atoms with E-state index < -0.39 is 5.69 Å². The second-order valence-corrected chi connectivity index (χ2v) is 7.97. The molecule has 0 bridgehead atoms. The number of rotatable bonds is 5. The quantitative estimate of drug-likeness (QED) is 0.543. The SMILES string of the molecule is CCCOP(=S)(ON)SC. The van der Waals surface area contributed by atoms with Gasteiger partial charge in [-0.15, -0.1) is 0 Å². The van der Waals surface area contributed by atoms with E-state index in [2.05, 4.69) is 4.62 Å². The summed E-state index contributed by atoms with van der Waals surface area (Å²) in [6, 6.07) is 0. The van der Waals surface area contributed by atoms with Gasteiger partial charge in [0.25, 0.3) is 5.69 Å². The topological polar surface area (TPSA) is 44.5 Å². The van der Waals surface area contributed by atoms with Crippen LogP contribution in [0.2, 0.25) is 0 Å². The largest absolute Gasteiger partial charge is 0.321 e. The molecule has 0 heterocycles. The summed E-state index contributed by atoms with van der Waals surface area (Å²) in [5.74, 6) is 4.96. The van der Waals surface area contributed by atoms with Gasteiger partial charge in [-0.2, -0.15) is 0 Å². The molecule has 1 atom stereocenters. The van der Waals surface area contributed by atoms with Crippen LogP contribution in [0.3, 0.4) is 0 Å². The Hall–Kier alpha value is 0.880. The van der Waals surface area contributed by atoms with E-state index in [4.69, 9.17) is 22.2 Å². The average molecular weight is 201 g/mol. The lowest BCUT2D eigenvalue weighted by molar-refractivity contribution is 0.265. The van der Waals surface area contributed by atoms with Crippen molar-refractivity contribution in [2.45, 2.75) is 13.3 Å². The van der Waals surface area contributed by atoms with E-state index >= 15 is 0 Å². The van der Waals surface area contributed by atoms with Crippen molar-refractivity contribution in [3.63, 3.8) is 0 Å². The molecule has 0 aromatic rings. The van der Waals surface area contributed by atoms with Crippen molar-refractivity contribution in [2.75, 3.05) is 12.9 Å². The molecule has 0 fully saturated rings. The summed E-state index contributed by atoms with van der Waals surface area (Å²) in [5, 5.41) is 0. The minimum absolute atomic E-state index is 0.620. The van der Waals surface area contributed by atoms with Crippen LogP contribution in [0.15, 0.2) is 0 Å². The third-order valence-electron chi connectivity index (χ3n) is 0.806. The average Bonchev–Trinajstić information content (AvgIpc) is 2.00. The lowest BCUT2D eigenvalue weighted by Gasteiger charge is -2.15. The Morgan fingerprint density at radius 3 is 2.60 bits per heavy atom. The second-order valence-electron chi connectivity index (χ2n) is 1.57. The molecule has 1 unspecified atom stereocenters. The summed E-state index contributed by atoms with van der Waals surface area (Å²) in [6.07, 6.45) is 2.77. The molecule has 0 saturated heterocycles. The minimum Gasteiger partial charge on any atom is -0.321 e. The molecule has 10 heavy (non-hydrogen) atoms. The van der Waals surface area contributed by atoms with Crippen molar-refractivity contribution in [1.29, 1.82) is 0 Å². The summed E-state index contributed by atoms with van der Waals surface area (Å²) in [7, 11) is 0. The zero-order valence-electron chi connectivity index (χ0n) is 6.07. The first-order chi connectivity index (χ1) is 4.68. The zero-order chi connectivity index (χ0) is 8.04. The Bertz CT molecular complexity index is 124. The van der Waals surface area contributed by atoms with Gasteiger partial charge >= 0.3 is 0 Å². The highest BCUT2D eigenvalue weighted by atomic mass is 32.9. The fourth-order valence-corrected chi connectivity index (χ4v) is 2.01. The van der Waals surface area contributed by atoms with Crippen LogP contribution >= 0.6 is 17.1 Å². The number of hydrogen-bond acceptors (Lipinski definition) is 5. The predicted octanol–water partition coefficient (Wildman–Crippen LogP) is 1.89. The molecule has 2 N–H and O–H groups in total. The lowest BCUT2D eigenvalue weighted by atomic mass is 10.5. The van der Waals surface area contributed by atoms with Crippen LogP contribution < -0.4 is 5.90 Å². The molecule has 0 rings (SSSR count). The van der Waals surface area contributed by atoms with E-state index in [1.807, 2.05) is 13.2 Å². The van der Waals surface area contributed by atoms with Gasteiger partial charge in [0.15, 0.2) is 0 Å². The Kier molecular flexibility index (Phi) is 6.01. The highest BCUT2D eigenvalue weighted by Crippen LogP contribution is 2.58. The second kappa shape index (κ2) is 5.52. The highest BCUT2D eigenvalue weighted by Gasteiger charge is 2.14. The van der Waals surface area contributed by atoms with Crippen LogP contribution in [0.25, 0.3) is 0 Å². The molecular weight excluding hydrogens is 189 g/mol. The van der Waals surface area contributed by atoms with E-state index in [-0.39, 0.29) is 0 Å². The molecule has 0 amide bonds. The van der Waals surface area contributed by atoms with Crippen molar-refractivity contribution in [2.24, 2.45) is 5.90 Å². The van der Waals surface area contributed by atoms with Crippen LogP contribution in [0, 0.1) is 0 Å². The van der Waals surface area contributed by atoms with Gasteiger partial charge in [-0.05, 0) is 24.5 Å². The first-order valence-electron chi connectivity index (χ1n) is 2.87. The van der Waals surface area contributed by atoms with Crippen molar-refractivity contribution in [1.82, 2.24) is 0 Å². The first-order valence-corrected chi connectivity index (χ1v) is 7.34. The number of nitrogens with two attached hydrogens (primary N) is 1. The first kappa shape index (κ1) is 10.9. The highest BCUT2D eigenvalue weighted by molar-refractivity contribution is 8.67. The lowest BCUT2D eigenvalue weighted by Crippen LogP contribution is -1.98. The third kappa shape index (κ3) is 3.91. The maximum absolute atomic E-state index is 5.22. The van der Waals surface area contributed by atoms with Crippen molar-refractivity contribution < 1.29 is 9.15 Å². The summed E-state index contributed by atoms with van der Waals surface area (Å²) >= 11 is 6.34. The molecule has 62 valence electrons. The molecular formula is C4H12NO2PS2. The van der Waals surface area contributed by atoms with Crippen molar-refractivity contribution in [3.05, 3.63) is 0 Å². The van der Waals surface area contributed by atoms with E-state index in [1.54, 1.807) is 0 Å². The van der Waals surface area contributed by atoms with Crippen molar-refractivity contribution in [3.8, 4) is 0 Å². The molecule has 0 radical (unpaired) electrons. The fourth-order valence-electron chi connectivity index (χ4n) is 0.329. The van der Waals surface area contributed by atoms with E-state index in [0.717, 1.165) is 6.42 Å². The van der Waals surface area contributed by atoms with E-state index in [1.165, 1.54) is 11.4 Å². The van der Waals surface area contributed by atoms with Crippen LogP contribution in [-0.2, 0) is 21.0 Å². The van der Waals surface area contributed by atoms with Gasteiger partial charge in [0, 0.05) is 0 Å². The standard InChI is InChI=1S/C4H12NO2PS2/c1-3-4-6-8(9,7-5)10-2/h3-5H2,1-2H3. The third-order valence-corrected chi connectivity index (χ3v) is 5.84. The minimum atomic E-state index is -2.17. The molecule has 6 heteroatoms. The summed E-state index contributed by atoms with van der Waals surface area (Å²) in [4.78, 5) is 0. The van der Waals surface area contributed by atoms with Crippen LogP contribution in [0.4, 0.5) is 0 Å². The maximum atomic E-state index is 5.22. The van der Waals surface area contributed by atoms with Gasteiger partial charge in [-0.3, -0.25) is 0 Å². The van der Waals surface area contributed by atoms with Crippen LogP contribution in [-0.4, -0.2) is 12.9 Å². The monoisotopic (exact) mass is 201 g/mol. The van der Waals surface area contributed by atoms with Gasteiger partial charge in [0.2, 0.25) is 0 Å². The molecule has 0 aliphatic carbocycles. The van der Waals surface area contributed by atoms with E-state index in [9.17, 15) is 0 Å². The van der Waals surface area contributed by atoms with Gasteiger partial charge in [0.1, 0.15) is 0 Å². The number of hydrogen-bond donors (Lipinski definition) is 1. The van der Waals surface area contributed by atoms with Gasteiger partial charge in [-0.25, -0.2) is 10.5 Å². The molecule has 0 saturated carbocycles. The summed E-state index contributed by atoms with van der Waals surface area (Å²) in [6.45, 7) is 2.63. The Balaban J connectivity index is 3.70.